The van der Waals surface area contributed by atoms with Gasteiger partial charge in [-0.05, 0) is 68.1 Å². The Kier molecular flexibility index (Phi) is 4.94. The quantitative estimate of drug-likeness (QED) is 0.770. The highest BCUT2D eigenvalue weighted by molar-refractivity contribution is 9.11. The van der Waals surface area contributed by atoms with E-state index in [2.05, 4.69) is 37.2 Å². The average molecular weight is 401 g/mol. The fraction of sp³-hybridized carbons (Fsp3) is 0.200. The van der Waals surface area contributed by atoms with Gasteiger partial charge in [0.1, 0.15) is 11.5 Å². The second-order valence-corrected chi connectivity index (χ2v) is 6.16. The molecular formula is C15H15Br2NO2. The SMILES string of the molecule is COc1c(Br)cc(CNc2ccc(C)c(O)c2)cc1Br. The summed E-state index contributed by atoms with van der Waals surface area (Å²) in [6.07, 6.45) is 0. The second-order valence-electron chi connectivity index (χ2n) is 4.45. The van der Waals surface area contributed by atoms with Gasteiger partial charge in [0.25, 0.3) is 0 Å². The Morgan fingerprint density at radius 2 is 1.80 bits per heavy atom. The smallest absolute Gasteiger partial charge is 0.147 e. The van der Waals surface area contributed by atoms with Gasteiger partial charge < -0.3 is 15.2 Å². The summed E-state index contributed by atoms with van der Waals surface area (Å²) in [6, 6.07) is 9.57. The number of nitrogens with one attached hydrogen (secondary N) is 1. The van der Waals surface area contributed by atoms with E-state index >= 15 is 0 Å². The number of hydrogen-bond acceptors (Lipinski definition) is 3. The van der Waals surface area contributed by atoms with Crippen LogP contribution in [-0.2, 0) is 6.54 Å². The number of phenolic OH excluding ortho intramolecular Hbond substituents is 1. The summed E-state index contributed by atoms with van der Waals surface area (Å²) in [5.74, 6) is 1.08. The third-order valence-electron chi connectivity index (χ3n) is 2.97. The van der Waals surface area contributed by atoms with Gasteiger partial charge in [-0.2, -0.15) is 0 Å². The van der Waals surface area contributed by atoms with Crippen LogP contribution >= 0.6 is 31.9 Å². The van der Waals surface area contributed by atoms with Crippen molar-refractivity contribution >= 4 is 37.5 Å². The normalized spacial score (nSPS) is 10.4. The van der Waals surface area contributed by atoms with Crippen molar-refractivity contribution in [2.75, 3.05) is 12.4 Å². The Morgan fingerprint density at radius 3 is 2.35 bits per heavy atom. The van der Waals surface area contributed by atoms with Crippen LogP contribution in [0.2, 0.25) is 0 Å². The largest absolute Gasteiger partial charge is 0.508 e. The Bertz CT molecular complexity index is 606. The summed E-state index contributed by atoms with van der Waals surface area (Å²) in [7, 11) is 1.64. The first kappa shape index (κ1) is 15.2. The van der Waals surface area contributed by atoms with Crippen LogP contribution < -0.4 is 10.1 Å². The summed E-state index contributed by atoms with van der Waals surface area (Å²) in [5.41, 5.74) is 2.85. The number of ether oxygens (including phenoxy) is 1. The highest BCUT2D eigenvalue weighted by atomic mass is 79.9. The van der Waals surface area contributed by atoms with Crippen LogP contribution in [0.4, 0.5) is 5.69 Å². The zero-order chi connectivity index (χ0) is 14.7. The van der Waals surface area contributed by atoms with E-state index in [4.69, 9.17) is 4.74 Å². The van der Waals surface area contributed by atoms with Gasteiger partial charge >= 0.3 is 0 Å². The standard InChI is InChI=1S/C15H15Br2NO2/c1-9-3-4-11(7-14(9)19)18-8-10-5-12(16)15(20-2)13(17)6-10/h3-7,18-19H,8H2,1-2H3. The minimum atomic E-state index is 0.298. The predicted molar refractivity (Wildman–Crippen MR) is 88.6 cm³/mol. The third kappa shape index (κ3) is 3.46. The minimum absolute atomic E-state index is 0.298. The van der Waals surface area contributed by atoms with E-state index < -0.39 is 0 Å². The van der Waals surface area contributed by atoms with Crippen LogP contribution in [0, 0.1) is 6.92 Å². The molecule has 0 aliphatic heterocycles. The molecule has 0 unspecified atom stereocenters. The number of methoxy groups -OCH3 is 1. The lowest BCUT2D eigenvalue weighted by Crippen LogP contribution is -2.00. The maximum absolute atomic E-state index is 9.68. The van der Waals surface area contributed by atoms with Crippen LogP contribution in [0.5, 0.6) is 11.5 Å². The fourth-order valence-corrected chi connectivity index (χ4v) is 3.44. The number of phenols is 1. The number of hydrogen-bond donors (Lipinski definition) is 2. The highest BCUT2D eigenvalue weighted by Crippen LogP contribution is 2.34. The first-order valence-corrected chi connectivity index (χ1v) is 7.65. The Morgan fingerprint density at radius 1 is 1.15 bits per heavy atom. The number of benzene rings is 2. The lowest BCUT2D eigenvalue weighted by Gasteiger charge is -2.11. The molecule has 0 fully saturated rings. The molecule has 5 heteroatoms. The van der Waals surface area contributed by atoms with Crippen LogP contribution in [0.3, 0.4) is 0 Å². The average Bonchev–Trinajstić information content (AvgIpc) is 2.40. The van der Waals surface area contributed by atoms with E-state index in [0.29, 0.717) is 12.3 Å². The van der Waals surface area contributed by atoms with E-state index in [1.54, 1.807) is 13.2 Å². The van der Waals surface area contributed by atoms with Crippen molar-refractivity contribution in [3.63, 3.8) is 0 Å². The lowest BCUT2D eigenvalue weighted by atomic mass is 10.2. The van der Waals surface area contributed by atoms with Gasteiger partial charge in [-0.1, -0.05) is 6.07 Å². The number of aromatic hydroxyl groups is 1. The van der Waals surface area contributed by atoms with E-state index in [9.17, 15) is 5.11 Å². The molecule has 0 aliphatic rings. The van der Waals surface area contributed by atoms with Gasteiger partial charge in [0.15, 0.2) is 0 Å². The first-order valence-electron chi connectivity index (χ1n) is 6.06. The minimum Gasteiger partial charge on any atom is -0.508 e. The molecule has 3 nitrogen and oxygen atoms in total. The van der Waals surface area contributed by atoms with Crippen molar-refractivity contribution in [1.82, 2.24) is 0 Å². The fourth-order valence-electron chi connectivity index (χ4n) is 1.83. The summed E-state index contributed by atoms with van der Waals surface area (Å²) in [4.78, 5) is 0. The molecule has 0 heterocycles. The van der Waals surface area contributed by atoms with Crippen molar-refractivity contribution in [1.29, 1.82) is 0 Å². The molecular weight excluding hydrogens is 386 g/mol. The van der Waals surface area contributed by atoms with Gasteiger partial charge in [-0.3, -0.25) is 0 Å². The summed E-state index contributed by atoms with van der Waals surface area (Å²) in [6.45, 7) is 2.53. The van der Waals surface area contributed by atoms with Crippen molar-refractivity contribution < 1.29 is 9.84 Å². The zero-order valence-corrected chi connectivity index (χ0v) is 14.4. The van der Waals surface area contributed by atoms with Gasteiger partial charge in [-0.25, -0.2) is 0 Å². The van der Waals surface area contributed by atoms with Crippen LogP contribution in [-0.4, -0.2) is 12.2 Å². The first-order chi connectivity index (χ1) is 9.51. The van der Waals surface area contributed by atoms with E-state index in [1.807, 2.05) is 31.2 Å². The molecule has 0 radical (unpaired) electrons. The monoisotopic (exact) mass is 399 g/mol. The summed E-state index contributed by atoms with van der Waals surface area (Å²) in [5, 5.41) is 13.0. The van der Waals surface area contributed by atoms with Crippen molar-refractivity contribution in [3.05, 3.63) is 50.4 Å². The molecule has 0 atom stereocenters. The highest BCUT2D eigenvalue weighted by Gasteiger charge is 2.08. The van der Waals surface area contributed by atoms with Crippen molar-refractivity contribution in [3.8, 4) is 11.5 Å². The zero-order valence-electron chi connectivity index (χ0n) is 11.2. The van der Waals surface area contributed by atoms with E-state index in [0.717, 1.165) is 31.5 Å². The van der Waals surface area contributed by atoms with Gasteiger partial charge in [-0.15, -0.1) is 0 Å². The Hall–Kier alpha value is -1.20. The van der Waals surface area contributed by atoms with Crippen molar-refractivity contribution in [2.45, 2.75) is 13.5 Å². The number of rotatable bonds is 4. The molecule has 2 rings (SSSR count). The molecule has 2 aromatic carbocycles. The maximum atomic E-state index is 9.68. The Labute approximate surface area is 135 Å². The van der Waals surface area contributed by atoms with E-state index in [1.165, 1.54) is 0 Å². The molecule has 0 bridgehead atoms. The molecule has 0 aromatic heterocycles. The molecule has 20 heavy (non-hydrogen) atoms. The molecule has 2 N–H and O–H groups in total. The second kappa shape index (κ2) is 6.50. The predicted octanol–water partition coefficient (Wildman–Crippen LogP) is 4.85. The maximum Gasteiger partial charge on any atom is 0.147 e. The molecule has 0 amide bonds. The van der Waals surface area contributed by atoms with Crippen LogP contribution in [0.15, 0.2) is 39.3 Å². The lowest BCUT2D eigenvalue weighted by molar-refractivity contribution is 0.409. The summed E-state index contributed by atoms with van der Waals surface area (Å²) < 4.78 is 7.08. The van der Waals surface area contributed by atoms with Gasteiger partial charge in [0.2, 0.25) is 0 Å². The number of anilines is 1. The van der Waals surface area contributed by atoms with Gasteiger partial charge in [0.05, 0.1) is 16.1 Å². The van der Waals surface area contributed by atoms with Crippen molar-refractivity contribution in [2.24, 2.45) is 0 Å². The van der Waals surface area contributed by atoms with Gasteiger partial charge in [0, 0.05) is 18.3 Å². The molecule has 0 spiro atoms. The van der Waals surface area contributed by atoms with Crippen LogP contribution in [0.1, 0.15) is 11.1 Å². The Balaban J connectivity index is 2.13. The number of halogens is 2. The molecule has 0 aliphatic carbocycles. The molecule has 0 saturated heterocycles. The molecule has 0 saturated carbocycles. The van der Waals surface area contributed by atoms with E-state index in [-0.39, 0.29) is 0 Å². The topological polar surface area (TPSA) is 41.5 Å². The van der Waals surface area contributed by atoms with Crippen LogP contribution in [0.25, 0.3) is 0 Å². The number of aryl methyl sites for hydroxylation is 1. The molecule has 106 valence electrons. The molecule has 2 aromatic rings. The third-order valence-corrected chi connectivity index (χ3v) is 4.15. The summed E-state index contributed by atoms with van der Waals surface area (Å²) >= 11 is 6.97.